The summed E-state index contributed by atoms with van der Waals surface area (Å²) in [6, 6.07) is 9.49. The highest BCUT2D eigenvalue weighted by atomic mass is 14.9. The van der Waals surface area contributed by atoms with Crippen LogP contribution in [0, 0.1) is 6.92 Å². The van der Waals surface area contributed by atoms with Gasteiger partial charge < -0.3 is 5.73 Å². The first kappa shape index (κ1) is 8.69. The van der Waals surface area contributed by atoms with E-state index in [-0.39, 0.29) is 0 Å². The summed E-state index contributed by atoms with van der Waals surface area (Å²) in [7, 11) is 0. The number of pyridine rings is 2. The molecule has 0 aromatic carbocycles. The van der Waals surface area contributed by atoms with Gasteiger partial charge in [0.1, 0.15) is 5.82 Å². The first-order valence-corrected chi connectivity index (χ1v) is 4.42. The molecule has 14 heavy (non-hydrogen) atoms. The summed E-state index contributed by atoms with van der Waals surface area (Å²) in [5.74, 6) is 0.524. The van der Waals surface area contributed by atoms with E-state index in [1.54, 1.807) is 12.3 Å². The van der Waals surface area contributed by atoms with E-state index in [2.05, 4.69) is 9.97 Å². The molecule has 3 heteroatoms. The molecular formula is C11H11N3. The van der Waals surface area contributed by atoms with E-state index < -0.39 is 0 Å². The third kappa shape index (κ3) is 1.57. The third-order valence-electron chi connectivity index (χ3n) is 2.03. The van der Waals surface area contributed by atoms with Crippen molar-refractivity contribution in [3.05, 3.63) is 42.1 Å². The van der Waals surface area contributed by atoms with Crippen LogP contribution in [0.2, 0.25) is 0 Å². The molecule has 2 aromatic rings. The molecule has 0 saturated carbocycles. The van der Waals surface area contributed by atoms with E-state index in [4.69, 9.17) is 5.73 Å². The molecule has 0 amide bonds. The molecule has 70 valence electrons. The van der Waals surface area contributed by atoms with Gasteiger partial charge in [0.15, 0.2) is 0 Å². The Morgan fingerprint density at radius 1 is 1.14 bits per heavy atom. The van der Waals surface area contributed by atoms with Gasteiger partial charge >= 0.3 is 0 Å². The van der Waals surface area contributed by atoms with Crippen LogP contribution in [0.1, 0.15) is 5.56 Å². The number of aromatic nitrogens is 2. The highest BCUT2D eigenvalue weighted by Crippen LogP contribution is 2.19. The van der Waals surface area contributed by atoms with Crippen LogP contribution in [-0.4, -0.2) is 9.97 Å². The van der Waals surface area contributed by atoms with Gasteiger partial charge in [-0.3, -0.25) is 4.98 Å². The van der Waals surface area contributed by atoms with E-state index in [0.717, 1.165) is 17.0 Å². The van der Waals surface area contributed by atoms with Crippen LogP contribution in [0.5, 0.6) is 0 Å². The van der Waals surface area contributed by atoms with Crippen molar-refractivity contribution in [3.63, 3.8) is 0 Å². The lowest BCUT2D eigenvalue weighted by molar-refractivity contribution is 1.22. The molecule has 0 saturated heterocycles. The lowest BCUT2D eigenvalue weighted by atomic mass is 10.1. The van der Waals surface area contributed by atoms with Crippen LogP contribution < -0.4 is 5.73 Å². The Balaban J connectivity index is 2.57. The van der Waals surface area contributed by atoms with Crippen LogP contribution in [0.3, 0.4) is 0 Å². The van der Waals surface area contributed by atoms with E-state index in [1.807, 2.05) is 31.2 Å². The average molecular weight is 185 g/mol. The molecular weight excluding hydrogens is 174 g/mol. The van der Waals surface area contributed by atoms with Crippen LogP contribution in [0.4, 0.5) is 5.82 Å². The number of hydrogen-bond donors (Lipinski definition) is 1. The lowest BCUT2D eigenvalue weighted by Crippen LogP contribution is -1.95. The fourth-order valence-corrected chi connectivity index (χ4v) is 1.31. The number of anilines is 1. The average Bonchev–Trinajstić information content (AvgIpc) is 2.23. The zero-order valence-electron chi connectivity index (χ0n) is 7.94. The number of aryl methyl sites for hydroxylation is 1. The molecule has 2 aromatic heterocycles. The summed E-state index contributed by atoms with van der Waals surface area (Å²) in [5.41, 5.74) is 8.42. The maximum Gasteiger partial charge on any atom is 0.124 e. The van der Waals surface area contributed by atoms with Crippen molar-refractivity contribution in [2.24, 2.45) is 0 Å². The van der Waals surface area contributed by atoms with E-state index in [9.17, 15) is 0 Å². The highest BCUT2D eigenvalue weighted by molar-refractivity contribution is 5.60. The van der Waals surface area contributed by atoms with Crippen molar-refractivity contribution in [1.29, 1.82) is 0 Å². The molecule has 0 fully saturated rings. The molecule has 0 radical (unpaired) electrons. The fraction of sp³-hybridized carbons (Fsp3) is 0.0909. The van der Waals surface area contributed by atoms with Gasteiger partial charge in [0.2, 0.25) is 0 Å². The quantitative estimate of drug-likeness (QED) is 0.739. The van der Waals surface area contributed by atoms with Gasteiger partial charge in [0.05, 0.1) is 11.4 Å². The van der Waals surface area contributed by atoms with Crippen molar-refractivity contribution >= 4 is 5.82 Å². The second kappa shape index (κ2) is 3.46. The Morgan fingerprint density at radius 3 is 2.71 bits per heavy atom. The van der Waals surface area contributed by atoms with E-state index >= 15 is 0 Å². The van der Waals surface area contributed by atoms with Gasteiger partial charge in [0.25, 0.3) is 0 Å². The van der Waals surface area contributed by atoms with Crippen molar-refractivity contribution in [2.75, 3.05) is 5.73 Å². The minimum atomic E-state index is 0.524. The summed E-state index contributed by atoms with van der Waals surface area (Å²) >= 11 is 0. The second-order valence-corrected chi connectivity index (χ2v) is 3.12. The molecule has 0 unspecified atom stereocenters. The Bertz CT molecular complexity index is 438. The Hall–Kier alpha value is -1.90. The summed E-state index contributed by atoms with van der Waals surface area (Å²) < 4.78 is 0. The Kier molecular flexibility index (Phi) is 2.14. The first-order valence-electron chi connectivity index (χ1n) is 4.42. The maximum absolute atomic E-state index is 5.63. The summed E-state index contributed by atoms with van der Waals surface area (Å²) in [6.07, 6.45) is 1.75. The standard InChI is InChI=1S/C11H11N3/c1-8-5-6-10(12)14-11(8)9-4-2-3-7-13-9/h2-7H,1H3,(H2,12,14). The number of nitrogens with two attached hydrogens (primary N) is 1. The topological polar surface area (TPSA) is 51.8 Å². The zero-order chi connectivity index (χ0) is 9.97. The van der Waals surface area contributed by atoms with E-state index in [0.29, 0.717) is 5.82 Å². The van der Waals surface area contributed by atoms with Crippen LogP contribution in [0.25, 0.3) is 11.4 Å². The predicted molar refractivity (Wildman–Crippen MR) is 56.6 cm³/mol. The summed E-state index contributed by atoms with van der Waals surface area (Å²) in [4.78, 5) is 8.49. The van der Waals surface area contributed by atoms with Gasteiger partial charge in [0, 0.05) is 6.20 Å². The molecule has 0 atom stereocenters. The Labute approximate surface area is 82.6 Å². The number of hydrogen-bond acceptors (Lipinski definition) is 3. The molecule has 0 aliphatic rings. The highest BCUT2D eigenvalue weighted by Gasteiger charge is 2.03. The number of rotatable bonds is 1. The van der Waals surface area contributed by atoms with Crippen molar-refractivity contribution in [2.45, 2.75) is 6.92 Å². The molecule has 0 aliphatic heterocycles. The van der Waals surface area contributed by atoms with Gasteiger partial charge in [-0.15, -0.1) is 0 Å². The van der Waals surface area contributed by atoms with Crippen LogP contribution >= 0.6 is 0 Å². The van der Waals surface area contributed by atoms with Gasteiger partial charge in [-0.2, -0.15) is 0 Å². The van der Waals surface area contributed by atoms with Crippen molar-refractivity contribution in [1.82, 2.24) is 9.97 Å². The molecule has 0 spiro atoms. The molecule has 2 heterocycles. The summed E-state index contributed by atoms with van der Waals surface area (Å²) in [5, 5.41) is 0. The lowest BCUT2D eigenvalue weighted by Gasteiger charge is -2.04. The van der Waals surface area contributed by atoms with Gasteiger partial charge in [-0.1, -0.05) is 12.1 Å². The zero-order valence-corrected chi connectivity index (χ0v) is 7.94. The monoisotopic (exact) mass is 185 g/mol. The SMILES string of the molecule is Cc1ccc(N)nc1-c1ccccn1. The van der Waals surface area contributed by atoms with Gasteiger partial charge in [-0.05, 0) is 30.7 Å². The first-order chi connectivity index (χ1) is 6.77. The maximum atomic E-state index is 5.63. The molecule has 0 bridgehead atoms. The molecule has 3 nitrogen and oxygen atoms in total. The summed E-state index contributed by atoms with van der Waals surface area (Å²) in [6.45, 7) is 2.00. The number of nitrogens with zero attached hydrogens (tertiary/aromatic N) is 2. The predicted octanol–water partition coefficient (Wildman–Crippen LogP) is 2.03. The normalized spacial score (nSPS) is 10.1. The van der Waals surface area contributed by atoms with E-state index in [1.165, 1.54) is 0 Å². The van der Waals surface area contributed by atoms with Crippen molar-refractivity contribution < 1.29 is 0 Å². The minimum Gasteiger partial charge on any atom is -0.384 e. The molecule has 0 aliphatic carbocycles. The molecule has 2 rings (SSSR count). The van der Waals surface area contributed by atoms with Gasteiger partial charge in [-0.25, -0.2) is 4.98 Å². The smallest absolute Gasteiger partial charge is 0.124 e. The minimum absolute atomic E-state index is 0.524. The largest absolute Gasteiger partial charge is 0.384 e. The fourth-order valence-electron chi connectivity index (χ4n) is 1.31. The molecule has 2 N–H and O–H groups in total. The van der Waals surface area contributed by atoms with Crippen LogP contribution in [0.15, 0.2) is 36.5 Å². The van der Waals surface area contributed by atoms with Crippen molar-refractivity contribution in [3.8, 4) is 11.4 Å². The number of nitrogen functional groups attached to an aromatic ring is 1. The third-order valence-corrected chi connectivity index (χ3v) is 2.03. The van der Waals surface area contributed by atoms with Crippen LogP contribution in [-0.2, 0) is 0 Å². The second-order valence-electron chi connectivity index (χ2n) is 3.12. The Morgan fingerprint density at radius 2 is 2.00 bits per heavy atom.